The molecule has 1 saturated heterocycles. The smallest absolute Gasteiger partial charge is 0.277 e. The van der Waals surface area contributed by atoms with Crippen LogP contribution in [0.5, 0.6) is 0 Å². The van der Waals surface area contributed by atoms with Gasteiger partial charge in [0, 0.05) is 18.7 Å². The second-order valence-electron chi connectivity index (χ2n) is 6.98. The van der Waals surface area contributed by atoms with E-state index in [2.05, 4.69) is 0 Å². The van der Waals surface area contributed by atoms with Crippen LogP contribution in [0.2, 0.25) is 0 Å². The SMILES string of the molecule is O=C(c1cc([N+](=O)[O-])cc([N+](=O)[O-])c1)N1CCCC1c1cccc2ccccc12. The molecule has 0 bridgehead atoms. The number of fused-ring (bicyclic) bond motifs is 1. The van der Waals surface area contributed by atoms with Gasteiger partial charge < -0.3 is 4.90 Å². The molecule has 0 aromatic heterocycles. The van der Waals surface area contributed by atoms with Gasteiger partial charge in [0.1, 0.15) is 0 Å². The highest BCUT2D eigenvalue weighted by atomic mass is 16.6. The molecule has 1 aliphatic heterocycles. The van der Waals surface area contributed by atoms with E-state index in [0.29, 0.717) is 6.54 Å². The van der Waals surface area contributed by atoms with Crippen LogP contribution in [0.25, 0.3) is 10.8 Å². The van der Waals surface area contributed by atoms with E-state index >= 15 is 0 Å². The van der Waals surface area contributed by atoms with Gasteiger partial charge in [0.15, 0.2) is 0 Å². The number of amides is 1. The summed E-state index contributed by atoms with van der Waals surface area (Å²) in [6.45, 7) is 0.489. The minimum atomic E-state index is -0.726. The lowest BCUT2D eigenvalue weighted by molar-refractivity contribution is -0.394. The predicted octanol–water partition coefficient (Wildman–Crippen LogP) is 4.63. The van der Waals surface area contributed by atoms with Gasteiger partial charge in [0.25, 0.3) is 17.3 Å². The Morgan fingerprint density at radius 1 is 0.931 bits per heavy atom. The third-order valence-electron chi connectivity index (χ3n) is 5.27. The number of benzene rings is 3. The fourth-order valence-corrected chi connectivity index (χ4v) is 3.97. The number of carbonyl (C=O) groups excluding carboxylic acids is 1. The molecule has 1 amide bonds. The lowest BCUT2D eigenvalue weighted by Gasteiger charge is -2.26. The maximum absolute atomic E-state index is 13.2. The van der Waals surface area contributed by atoms with Gasteiger partial charge in [-0.2, -0.15) is 0 Å². The van der Waals surface area contributed by atoms with Crippen molar-refractivity contribution in [3.63, 3.8) is 0 Å². The van der Waals surface area contributed by atoms with E-state index in [4.69, 9.17) is 0 Å². The number of nitro benzene ring substituents is 2. The van der Waals surface area contributed by atoms with E-state index in [0.717, 1.165) is 47.4 Å². The van der Waals surface area contributed by atoms with E-state index in [-0.39, 0.29) is 11.6 Å². The van der Waals surface area contributed by atoms with Crippen LogP contribution in [0.3, 0.4) is 0 Å². The summed E-state index contributed by atoms with van der Waals surface area (Å²) in [6.07, 6.45) is 1.55. The first-order valence-electron chi connectivity index (χ1n) is 9.18. The Labute approximate surface area is 165 Å². The summed E-state index contributed by atoms with van der Waals surface area (Å²) < 4.78 is 0. The first-order chi connectivity index (χ1) is 14.0. The molecule has 1 heterocycles. The molecule has 3 aromatic rings. The van der Waals surface area contributed by atoms with Gasteiger partial charge in [0.2, 0.25) is 0 Å². The maximum Gasteiger partial charge on any atom is 0.277 e. The van der Waals surface area contributed by atoms with E-state index < -0.39 is 27.1 Å². The molecule has 1 unspecified atom stereocenters. The number of non-ortho nitro benzene ring substituents is 2. The average molecular weight is 391 g/mol. The van der Waals surface area contributed by atoms with E-state index in [1.807, 2.05) is 42.5 Å². The minimum absolute atomic E-state index is 0.0435. The number of carbonyl (C=O) groups is 1. The van der Waals surface area contributed by atoms with Gasteiger partial charge in [-0.25, -0.2) is 0 Å². The Hall–Kier alpha value is -3.81. The standard InChI is InChI=1S/C21H17N3O5/c25-21(15-11-16(23(26)27)13-17(12-15)24(28)29)22-10-4-9-20(22)19-8-3-6-14-5-1-2-7-18(14)19/h1-3,5-8,11-13,20H,4,9-10H2. The molecule has 0 saturated carbocycles. The van der Waals surface area contributed by atoms with E-state index in [9.17, 15) is 25.0 Å². The molecule has 0 spiro atoms. The molecule has 3 aromatic carbocycles. The van der Waals surface area contributed by atoms with Gasteiger partial charge in [0.05, 0.1) is 27.5 Å². The van der Waals surface area contributed by atoms with Gasteiger partial charge in [-0.05, 0) is 29.2 Å². The van der Waals surface area contributed by atoms with Crippen LogP contribution in [-0.2, 0) is 0 Å². The molecular formula is C21H17N3O5. The van der Waals surface area contributed by atoms with Gasteiger partial charge >= 0.3 is 0 Å². The van der Waals surface area contributed by atoms with Crippen LogP contribution < -0.4 is 0 Å². The highest BCUT2D eigenvalue weighted by Crippen LogP contribution is 2.37. The highest BCUT2D eigenvalue weighted by Gasteiger charge is 2.33. The van der Waals surface area contributed by atoms with Crippen molar-refractivity contribution in [2.45, 2.75) is 18.9 Å². The zero-order valence-electron chi connectivity index (χ0n) is 15.4. The predicted molar refractivity (Wildman–Crippen MR) is 107 cm³/mol. The van der Waals surface area contributed by atoms with Crippen LogP contribution in [0, 0.1) is 20.2 Å². The lowest BCUT2D eigenvalue weighted by atomic mass is 9.97. The molecular weight excluding hydrogens is 374 g/mol. The first kappa shape index (κ1) is 18.5. The zero-order valence-corrected chi connectivity index (χ0v) is 15.4. The van der Waals surface area contributed by atoms with Crippen molar-refractivity contribution in [3.8, 4) is 0 Å². The molecule has 1 atom stereocenters. The number of rotatable bonds is 4. The Morgan fingerprint density at radius 2 is 1.59 bits per heavy atom. The zero-order chi connectivity index (χ0) is 20.5. The Morgan fingerprint density at radius 3 is 2.28 bits per heavy atom. The minimum Gasteiger partial charge on any atom is -0.332 e. The normalized spacial score (nSPS) is 16.1. The van der Waals surface area contributed by atoms with Crippen molar-refractivity contribution in [1.82, 2.24) is 4.90 Å². The Kier molecular flexibility index (Phi) is 4.67. The van der Waals surface area contributed by atoms with Crippen molar-refractivity contribution in [2.75, 3.05) is 6.54 Å². The van der Waals surface area contributed by atoms with Gasteiger partial charge in [-0.1, -0.05) is 42.5 Å². The first-order valence-corrected chi connectivity index (χ1v) is 9.18. The van der Waals surface area contributed by atoms with Crippen molar-refractivity contribution in [1.29, 1.82) is 0 Å². The third kappa shape index (κ3) is 3.40. The van der Waals surface area contributed by atoms with Gasteiger partial charge in [-0.15, -0.1) is 0 Å². The van der Waals surface area contributed by atoms with Crippen molar-refractivity contribution >= 4 is 28.1 Å². The number of nitro groups is 2. The van der Waals surface area contributed by atoms with Crippen molar-refractivity contribution in [3.05, 3.63) is 92.0 Å². The Bertz CT molecular complexity index is 1110. The quantitative estimate of drug-likeness (QED) is 0.476. The van der Waals surface area contributed by atoms with Crippen molar-refractivity contribution < 1.29 is 14.6 Å². The molecule has 8 heteroatoms. The fraction of sp³-hybridized carbons (Fsp3) is 0.190. The molecule has 0 N–H and O–H groups in total. The summed E-state index contributed by atoms with van der Waals surface area (Å²) in [4.78, 5) is 35.7. The van der Waals surface area contributed by atoms with Gasteiger partial charge in [-0.3, -0.25) is 25.0 Å². The summed E-state index contributed by atoms with van der Waals surface area (Å²) in [5, 5.41) is 24.4. The third-order valence-corrected chi connectivity index (χ3v) is 5.27. The van der Waals surface area contributed by atoms with Crippen molar-refractivity contribution in [2.24, 2.45) is 0 Å². The van der Waals surface area contributed by atoms with Crippen LogP contribution in [0.4, 0.5) is 11.4 Å². The summed E-state index contributed by atoms with van der Waals surface area (Å²) >= 11 is 0. The molecule has 29 heavy (non-hydrogen) atoms. The maximum atomic E-state index is 13.2. The van der Waals surface area contributed by atoms with Crippen LogP contribution >= 0.6 is 0 Å². The summed E-state index contributed by atoms with van der Waals surface area (Å²) in [5.41, 5.74) is 0.0267. The number of hydrogen-bond acceptors (Lipinski definition) is 5. The lowest BCUT2D eigenvalue weighted by Crippen LogP contribution is -2.30. The Balaban J connectivity index is 1.75. The molecule has 1 fully saturated rings. The monoisotopic (exact) mass is 391 g/mol. The summed E-state index contributed by atoms with van der Waals surface area (Å²) in [5.74, 6) is -0.438. The number of nitrogens with zero attached hydrogens (tertiary/aromatic N) is 3. The van der Waals surface area contributed by atoms with E-state index in [1.165, 1.54) is 0 Å². The molecule has 1 aliphatic rings. The highest BCUT2D eigenvalue weighted by molar-refractivity contribution is 5.96. The number of likely N-dealkylation sites (tertiary alicyclic amines) is 1. The van der Waals surface area contributed by atoms with Crippen LogP contribution in [0.1, 0.15) is 34.8 Å². The molecule has 4 rings (SSSR count). The average Bonchev–Trinajstić information content (AvgIpc) is 3.22. The topological polar surface area (TPSA) is 107 Å². The molecule has 0 radical (unpaired) electrons. The second-order valence-corrected chi connectivity index (χ2v) is 6.98. The molecule has 0 aliphatic carbocycles. The largest absolute Gasteiger partial charge is 0.332 e. The van der Waals surface area contributed by atoms with Crippen LogP contribution in [-0.4, -0.2) is 27.2 Å². The second kappa shape index (κ2) is 7.31. The van der Waals surface area contributed by atoms with E-state index in [1.54, 1.807) is 4.90 Å². The summed E-state index contributed by atoms with van der Waals surface area (Å²) in [7, 11) is 0. The number of hydrogen-bond donors (Lipinski definition) is 0. The fourth-order valence-electron chi connectivity index (χ4n) is 3.97. The molecule has 146 valence electrons. The molecule has 8 nitrogen and oxygen atoms in total. The van der Waals surface area contributed by atoms with Crippen LogP contribution in [0.15, 0.2) is 60.7 Å². The summed E-state index contributed by atoms with van der Waals surface area (Å²) in [6, 6.07) is 16.7.